The Morgan fingerprint density at radius 2 is 2.13 bits per heavy atom. The highest BCUT2D eigenvalue weighted by Gasteiger charge is 2.16. The van der Waals surface area contributed by atoms with Crippen LogP contribution in [0.2, 0.25) is 0 Å². The highest BCUT2D eigenvalue weighted by atomic mass is 79.9. The summed E-state index contributed by atoms with van der Waals surface area (Å²) >= 11 is 3.25. The van der Waals surface area contributed by atoms with E-state index in [1.54, 1.807) is 24.3 Å². The molecule has 1 atom stereocenters. The van der Waals surface area contributed by atoms with Gasteiger partial charge in [0.1, 0.15) is 0 Å². The van der Waals surface area contributed by atoms with Gasteiger partial charge < -0.3 is 0 Å². The summed E-state index contributed by atoms with van der Waals surface area (Å²) in [6, 6.07) is 6.62. The van der Waals surface area contributed by atoms with Crippen LogP contribution in [0.5, 0.6) is 0 Å². The molecule has 0 saturated heterocycles. The molecule has 0 aliphatic rings. The Labute approximate surface area is 99.1 Å². The molecule has 0 amide bonds. The molecular weight excluding hydrogens is 278 g/mol. The molecule has 0 unspecified atom stereocenters. The normalized spacial score (nSPS) is 13.8. The lowest BCUT2D eigenvalue weighted by atomic mass is 10.3. The van der Waals surface area contributed by atoms with E-state index in [2.05, 4.69) is 20.7 Å². The first kappa shape index (κ1) is 12.7. The van der Waals surface area contributed by atoms with Gasteiger partial charge in [0, 0.05) is 10.5 Å². The van der Waals surface area contributed by atoms with Crippen molar-refractivity contribution in [2.75, 3.05) is 0 Å². The van der Waals surface area contributed by atoms with Crippen molar-refractivity contribution in [3.8, 4) is 0 Å². The van der Waals surface area contributed by atoms with Crippen molar-refractivity contribution < 1.29 is 8.42 Å². The molecule has 0 bridgehead atoms. The molecule has 0 aliphatic carbocycles. The molecule has 84 valence electrons. The smallest absolute Gasteiger partial charge is 0.208 e. The van der Waals surface area contributed by atoms with Gasteiger partial charge in [0.05, 0.1) is 4.90 Å². The van der Waals surface area contributed by atoms with E-state index in [0.717, 1.165) is 10.9 Å². The number of benzene rings is 1. The quantitative estimate of drug-likeness (QED) is 0.927. The van der Waals surface area contributed by atoms with Crippen molar-refractivity contribution in [3.05, 3.63) is 28.7 Å². The van der Waals surface area contributed by atoms with Gasteiger partial charge in [-0.2, -0.15) is 0 Å². The first-order valence-corrected chi connectivity index (χ1v) is 7.01. The van der Waals surface area contributed by atoms with Crippen molar-refractivity contribution in [2.24, 2.45) is 0 Å². The molecule has 5 heteroatoms. The fraction of sp³-hybridized carbons (Fsp3) is 0.400. The van der Waals surface area contributed by atoms with Gasteiger partial charge in [-0.15, -0.1) is 0 Å². The molecule has 1 N–H and O–H groups in total. The summed E-state index contributed by atoms with van der Waals surface area (Å²) in [6.07, 6.45) is 0.771. The largest absolute Gasteiger partial charge is 0.240 e. The monoisotopic (exact) mass is 291 g/mol. The lowest BCUT2D eigenvalue weighted by molar-refractivity contribution is 0.556. The van der Waals surface area contributed by atoms with E-state index in [1.807, 2.05) is 13.8 Å². The summed E-state index contributed by atoms with van der Waals surface area (Å²) < 4.78 is 27.0. The van der Waals surface area contributed by atoms with Crippen LogP contribution in [0.1, 0.15) is 20.3 Å². The second-order valence-corrected chi connectivity index (χ2v) is 6.02. The van der Waals surface area contributed by atoms with E-state index < -0.39 is 10.0 Å². The van der Waals surface area contributed by atoms with Crippen LogP contribution in [0.15, 0.2) is 33.6 Å². The average Bonchev–Trinajstić information content (AvgIpc) is 2.17. The van der Waals surface area contributed by atoms with Crippen molar-refractivity contribution in [3.63, 3.8) is 0 Å². The second kappa shape index (κ2) is 5.09. The van der Waals surface area contributed by atoms with Crippen molar-refractivity contribution >= 4 is 26.0 Å². The molecule has 0 fully saturated rings. The van der Waals surface area contributed by atoms with Crippen LogP contribution < -0.4 is 4.72 Å². The van der Waals surface area contributed by atoms with E-state index in [9.17, 15) is 8.42 Å². The number of hydrogen-bond donors (Lipinski definition) is 1. The molecular formula is C10H14BrNO2S. The van der Waals surface area contributed by atoms with Gasteiger partial charge in [0.15, 0.2) is 0 Å². The zero-order valence-electron chi connectivity index (χ0n) is 8.70. The van der Waals surface area contributed by atoms with Gasteiger partial charge in [0.25, 0.3) is 0 Å². The van der Waals surface area contributed by atoms with E-state index in [-0.39, 0.29) is 10.9 Å². The van der Waals surface area contributed by atoms with Gasteiger partial charge in [-0.3, -0.25) is 0 Å². The number of rotatable bonds is 4. The zero-order valence-corrected chi connectivity index (χ0v) is 11.1. The number of sulfonamides is 1. The topological polar surface area (TPSA) is 46.2 Å². The minimum atomic E-state index is -3.37. The van der Waals surface area contributed by atoms with Crippen LogP contribution in [0, 0.1) is 0 Å². The standard InChI is InChI=1S/C10H14BrNO2S/c1-3-8(2)12-15(13,14)10-6-4-5-9(11)7-10/h4-8,12H,3H2,1-2H3/t8-/m0/s1. The van der Waals surface area contributed by atoms with E-state index in [1.165, 1.54) is 0 Å². The van der Waals surface area contributed by atoms with Crippen LogP contribution in [-0.4, -0.2) is 14.5 Å². The molecule has 0 heterocycles. The fourth-order valence-corrected chi connectivity index (χ4v) is 2.97. The van der Waals surface area contributed by atoms with Crippen LogP contribution in [0.4, 0.5) is 0 Å². The Balaban J connectivity index is 2.96. The highest BCUT2D eigenvalue weighted by molar-refractivity contribution is 9.10. The third-order valence-corrected chi connectivity index (χ3v) is 4.16. The molecule has 15 heavy (non-hydrogen) atoms. The molecule has 0 aliphatic heterocycles. The van der Waals surface area contributed by atoms with Gasteiger partial charge in [0.2, 0.25) is 10.0 Å². The van der Waals surface area contributed by atoms with Gasteiger partial charge in [-0.05, 0) is 31.5 Å². The molecule has 0 spiro atoms. The number of nitrogens with one attached hydrogen (secondary N) is 1. The first-order valence-electron chi connectivity index (χ1n) is 4.73. The Morgan fingerprint density at radius 3 is 2.67 bits per heavy atom. The molecule has 0 aromatic heterocycles. The Hall–Kier alpha value is -0.390. The van der Waals surface area contributed by atoms with Gasteiger partial charge in [-0.25, -0.2) is 13.1 Å². The summed E-state index contributed by atoms with van der Waals surface area (Å²) in [6.45, 7) is 3.78. The summed E-state index contributed by atoms with van der Waals surface area (Å²) in [4.78, 5) is 0.289. The molecule has 3 nitrogen and oxygen atoms in total. The highest BCUT2D eigenvalue weighted by Crippen LogP contribution is 2.16. The zero-order chi connectivity index (χ0) is 11.5. The lowest BCUT2D eigenvalue weighted by Crippen LogP contribution is -2.31. The molecule has 0 radical (unpaired) electrons. The maximum absolute atomic E-state index is 11.8. The van der Waals surface area contributed by atoms with Crippen LogP contribution in [0.25, 0.3) is 0 Å². The maximum Gasteiger partial charge on any atom is 0.240 e. The minimum Gasteiger partial charge on any atom is -0.208 e. The summed E-state index contributed by atoms with van der Waals surface area (Å²) in [7, 11) is -3.37. The van der Waals surface area contributed by atoms with Crippen LogP contribution >= 0.6 is 15.9 Å². The predicted octanol–water partition coefficient (Wildman–Crippen LogP) is 2.53. The van der Waals surface area contributed by atoms with E-state index in [4.69, 9.17) is 0 Å². The van der Waals surface area contributed by atoms with Crippen LogP contribution in [-0.2, 0) is 10.0 Å². The third-order valence-electron chi connectivity index (χ3n) is 2.08. The summed E-state index contributed by atoms with van der Waals surface area (Å²) in [5.41, 5.74) is 0. The fourth-order valence-electron chi connectivity index (χ4n) is 1.05. The molecule has 1 aromatic carbocycles. The maximum atomic E-state index is 11.8. The van der Waals surface area contributed by atoms with E-state index in [0.29, 0.717) is 0 Å². The van der Waals surface area contributed by atoms with E-state index >= 15 is 0 Å². The molecule has 0 saturated carbocycles. The second-order valence-electron chi connectivity index (χ2n) is 3.39. The first-order chi connectivity index (χ1) is 6.95. The minimum absolute atomic E-state index is 0.0472. The van der Waals surface area contributed by atoms with Gasteiger partial charge in [-0.1, -0.05) is 28.9 Å². The predicted molar refractivity (Wildman–Crippen MR) is 64.2 cm³/mol. The molecule has 1 rings (SSSR count). The van der Waals surface area contributed by atoms with Crippen molar-refractivity contribution in [2.45, 2.75) is 31.2 Å². The number of hydrogen-bond acceptors (Lipinski definition) is 2. The average molecular weight is 292 g/mol. The summed E-state index contributed by atoms with van der Waals surface area (Å²) in [5, 5.41) is 0. The number of halogens is 1. The Bertz CT molecular complexity index is 431. The lowest BCUT2D eigenvalue weighted by Gasteiger charge is -2.11. The molecule has 1 aromatic rings. The third kappa shape index (κ3) is 3.59. The SMILES string of the molecule is CC[C@H](C)NS(=O)(=O)c1cccc(Br)c1. The van der Waals surface area contributed by atoms with Crippen molar-refractivity contribution in [1.29, 1.82) is 0 Å². The summed E-state index contributed by atoms with van der Waals surface area (Å²) in [5.74, 6) is 0. The van der Waals surface area contributed by atoms with Crippen molar-refractivity contribution in [1.82, 2.24) is 4.72 Å². The van der Waals surface area contributed by atoms with Crippen LogP contribution in [0.3, 0.4) is 0 Å². The Kier molecular flexibility index (Phi) is 4.31. The van der Waals surface area contributed by atoms with Gasteiger partial charge >= 0.3 is 0 Å². The Morgan fingerprint density at radius 1 is 1.47 bits per heavy atom.